The first kappa shape index (κ1) is 25.3. The van der Waals surface area contributed by atoms with Crippen LogP contribution in [0.2, 0.25) is 0 Å². The van der Waals surface area contributed by atoms with E-state index in [1.165, 1.54) is 0 Å². The van der Waals surface area contributed by atoms with Crippen molar-refractivity contribution in [3.63, 3.8) is 0 Å². The van der Waals surface area contributed by atoms with Gasteiger partial charge in [-0.25, -0.2) is 0 Å². The van der Waals surface area contributed by atoms with Gasteiger partial charge in [-0.1, -0.05) is 37.1 Å². The fourth-order valence-electron chi connectivity index (χ4n) is 6.08. The van der Waals surface area contributed by atoms with E-state index in [9.17, 15) is 14.4 Å². The van der Waals surface area contributed by atoms with Gasteiger partial charge < -0.3 is 19.6 Å². The van der Waals surface area contributed by atoms with Crippen molar-refractivity contribution in [3.05, 3.63) is 24.3 Å². The average Bonchev–Trinajstić information content (AvgIpc) is 3.06. The fourth-order valence-corrected chi connectivity index (χ4v) is 8.23. The van der Waals surface area contributed by atoms with Gasteiger partial charge in [0.15, 0.2) is 0 Å². The molecule has 34 heavy (non-hydrogen) atoms. The molecule has 7 nitrogen and oxygen atoms in total. The Morgan fingerprint density at radius 3 is 2.50 bits per heavy atom. The molecule has 2 amide bonds. The maximum Gasteiger partial charge on any atom is 0.311 e. The molecular weight excluding hydrogens is 452 g/mol. The van der Waals surface area contributed by atoms with Gasteiger partial charge in [-0.2, -0.15) is 0 Å². The molecule has 4 aliphatic rings. The lowest BCUT2D eigenvalue weighted by Crippen LogP contribution is -2.57. The van der Waals surface area contributed by atoms with Crippen LogP contribution in [0.15, 0.2) is 24.3 Å². The highest BCUT2D eigenvalue weighted by Gasteiger charge is 2.74. The van der Waals surface area contributed by atoms with Gasteiger partial charge in [0.2, 0.25) is 11.8 Å². The number of likely N-dealkylation sites (tertiary alicyclic amines) is 1. The molecule has 0 aromatic heterocycles. The maximum absolute atomic E-state index is 14.1. The summed E-state index contributed by atoms with van der Waals surface area (Å²) in [7, 11) is 0. The predicted octanol–water partition coefficient (Wildman–Crippen LogP) is 2.93. The number of unbranched alkanes of at least 4 members (excludes halogenated alkanes) is 3. The van der Waals surface area contributed by atoms with Gasteiger partial charge in [0.1, 0.15) is 6.04 Å². The van der Waals surface area contributed by atoms with Gasteiger partial charge >= 0.3 is 5.97 Å². The number of hydrogen-bond donors (Lipinski definition) is 1. The molecule has 0 aromatic carbocycles. The van der Waals surface area contributed by atoms with Crippen LogP contribution < -0.4 is 0 Å². The lowest BCUT2D eigenvalue weighted by Gasteiger charge is -2.41. The SMILES string of the molecule is CC(C)(C)N1CC=C[C@]23S[C@@]4(C)C=CCCOC(=O)[C@H]4[C@H]2C(=O)N(CCCCCCO)C3C1=O. The number of esters is 1. The van der Waals surface area contributed by atoms with Crippen molar-refractivity contribution in [1.82, 2.24) is 9.80 Å². The normalized spacial score (nSPS) is 35.4. The van der Waals surface area contributed by atoms with Crippen LogP contribution in [0, 0.1) is 11.8 Å². The van der Waals surface area contributed by atoms with Crippen LogP contribution in [0.4, 0.5) is 0 Å². The third kappa shape index (κ3) is 4.11. The van der Waals surface area contributed by atoms with Crippen molar-refractivity contribution < 1.29 is 24.2 Å². The molecule has 2 saturated heterocycles. The van der Waals surface area contributed by atoms with E-state index in [2.05, 4.69) is 12.2 Å². The number of carbonyl (C=O) groups excluding carboxylic acids is 3. The Morgan fingerprint density at radius 1 is 1.06 bits per heavy atom. The second-order valence-corrected chi connectivity index (χ2v) is 12.8. The summed E-state index contributed by atoms with van der Waals surface area (Å²) in [6, 6.07) is -0.655. The lowest BCUT2D eigenvalue weighted by atomic mass is 9.74. The third-order valence-corrected chi connectivity index (χ3v) is 9.43. The first-order valence-electron chi connectivity index (χ1n) is 12.5. The van der Waals surface area contributed by atoms with Crippen LogP contribution >= 0.6 is 11.8 Å². The Labute approximate surface area is 206 Å². The van der Waals surface area contributed by atoms with Crippen LogP contribution in [0.5, 0.6) is 0 Å². The first-order chi connectivity index (χ1) is 16.1. The fraction of sp³-hybridized carbons (Fsp3) is 0.731. The lowest BCUT2D eigenvalue weighted by molar-refractivity contribution is -0.154. The van der Waals surface area contributed by atoms with Crippen molar-refractivity contribution in [1.29, 1.82) is 0 Å². The largest absolute Gasteiger partial charge is 0.465 e. The van der Waals surface area contributed by atoms with Crippen LogP contribution in [-0.2, 0) is 19.1 Å². The van der Waals surface area contributed by atoms with E-state index < -0.39 is 32.9 Å². The average molecular weight is 491 g/mol. The third-order valence-electron chi connectivity index (χ3n) is 7.64. The van der Waals surface area contributed by atoms with E-state index in [4.69, 9.17) is 9.84 Å². The molecule has 8 heteroatoms. The molecule has 5 atom stereocenters. The van der Waals surface area contributed by atoms with E-state index >= 15 is 0 Å². The van der Waals surface area contributed by atoms with E-state index in [0.29, 0.717) is 26.1 Å². The summed E-state index contributed by atoms with van der Waals surface area (Å²) in [4.78, 5) is 45.1. The van der Waals surface area contributed by atoms with Gasteiger partial charge in [0.25, 0.3) is 0 Å². The molecule has 0 aliphatic carbocycles. The summed E-state index contributed by atoms with van der Waals surface area (Å²) in [5.74, 6) is -1.78. The summed E-state index contributed by atoms with van der Waals surface area (Å²) in [5.41, 5.74) is -0.394. The van der Waals surface area contributed by atoms with E-state index in [-0.39, 0.29) is 24.4 Å². The number of nitrogens with zero attached hydrogens (tertiary/aromatic N) is 2. The number of fused-ring (bicyclic) bond motifs is 2. The summed E-state index contributed by atoms with van der Waals surface area (Å²) >= 11 is 1.59. The molecule has 0 saturated carbocycles. The standard InChI is InChI=1S/C26H38N2O5S/c1-24(2,3)28-15-11-13-26-18(19-23(32)33-17-10-7-12-25(19,4)34-26)21(30)27(20(26)22(28)31)14-8-5-6-9-16-29/h7,11-13,18-20,29H,5-6,8-10,14-17H2,1-4H3/t18-,19+,20?,25-,26-/m0/s1. The van der Waals surface area contributed by atoms with Gasteiger partial charge in [-0.05, 0) is 47.0 Å². The number of carbonyl (C=O) groups is 3. The van der Waals surface area contributed by atoms with E-state index in [1.54, 1.807) is 16.7 Å². The predicted molar refractivity (Wildman–Crippen MR) is 132 cm³/mol. The Balaban J connectivity index is 1.77. The van der Waals surface area contributed by atoms with Crippen molar-refractivity contribution in [2.75, 3.05) is 26.3 Å². The topological polar surface area (TPSA) is 87.2 Å². The monoisotopic (exact) mass is 490 g/mol. The summed E-state index contributed by atoms with van der Waals surface area (Å²) in [5, 5.41) is 9.08. The molecule has 0 radical (unpaired) electrons. The molecule has 4 heterocycles. The van der Waals surface area contributed by atoms with Gasteiger partial charge in [0, 0.05) is 30.0 Å². The Morgan fingerprint density at radius 2 is 1.79 bits per heavy atom. The van der Waals surface area contributed by atoms with Gasteiger partial charge in [-0.3, -0.25) is 14.4 Å². The second-order valence-electron chi connectivity index (χ2n) is 11.0. The maximum atomic E-state index is 14.1. The number of thioether (sulfide) groups is 1. The molecule has 0 aromatic rings. The second kappa shape index (κ2) is 9.34. The van der Waals surface area contributed by atoms with Gasteiger partial charge in [-0.15, -0.1) is 11.8 Å². The number of cyclic esters (lactones) is 1. The highest BCUT2D eigenvalue weighted by molar-refractivity contribution is 8.02. The quantitative estimate of drug-likeness (QED) is 0.350. The smallest absolute Gasteiger partial charge is 0.311 e. The van der Waals surface area contributed by atoms with Crippen molar-refractivity contribution in [2.45, 2.75) is 80.9 Å². The summed E-state index contributed by atoms with van der Waals surface area (Å²) < 4.78 is 4.14. The summed E-state index contributed by atoms with van der Waals surface area (Å²) in [6.45, 7) is 9.48. The number of rotatable bonds is 6. The minimum atomic E-state index is -0.813. The number of aliphatic hydroxyl groups excluding tert-OH is 1. The molecule has 1 spiro atoms. The molecule has 1 unspecified atom stereocenters. The Bertz CT molecular complexity index is 896. The summed E-state index contributed by atoms with van der Waals surface area (Å²) in [6.07, 6.45) is 12.1. The number of ether oxygens (including phenoxy) is 1. The van der Waals surface area contributed by atoms with Crippen molar-refractivity contribution in [3.8, 4) is 0 Å². The molecule has 1 N–H and O–H groups in total. The first-order valence-corrected chi connectivity index (χ1v) is 13.3. The Hall–Kier alpha value is -1.80. The van der Waals surface area contributed by atoms with Crippen LogP contribution in [-0.4, -0.2) is 80.1 Å². The molecule has 2 fully saturated rings. The van der Waals surface area contributed by atoms with Crippen molar-refractivity contribution >= 4 is 29.5 Å². The minimum Gasteiger partial charge on any atom is -0.465 e. The molecule has 4 aliphatic heterocycles. The van der Waals surface area contributed by atoms with E-state index in [0.717, 1.165) is 25.7 Å². The highest BCUT2D eigenvalue weighted by Crippen LogP contribution is 2.65. The Kier molecular flexibility index (Phi) is 6.95. The molecule has 188 valence electrons. The zero-order valence-electron chi connectivity index (χ0n) is 20.8. The number of hydrogen-bond acceptors (Lipinski definition) is 6. The van der Waals surface area contributed by atoms with Gasteiger partial charge in [0.05, 0.1) is 23.2 Å². The molecule has 4 rings (SSSR count). The number of amides is 2. The molecular formula is C26H38N2O5S. The number of aliphatic hydroxyl groups is 1. The van der Waals surface area contributed by atoms with Crippen LogP contribution in [0.1, 0.15) is 59.8 Å². The van der Waals surface area contributed by atoms with Crippen molar-refractivity contribution in [2.24, 2.45) is 11.8 Å². The zero-order chi connectivity index (χ0) is 24.7. The van der Waals surface area contributed by atoms with Crippen LogP contribution in [0.25, 0.3) is 0 Å². The minimum absolute atomic E-state index is 0.0496. The highest BCUT2D eigenvalue weighted by atomic mass is 32.2. The molecule has 0 bridgehead atoms. The van der Waals surface area contributed by atoms with Crippen LogP contribution in [0.3, 0.4) is 0 Å². The zero-order valence-corrected chi connectivity index (χ0v) is 21.6. The van der Waals surface area contributed by atoms with E-state index in [1.807, 2.05) is 44.7 Å².